The fraction of sp³-hybridized carbons (Fsp3) is 0.235. The molecule has 0 unspecified atom stereocenters. The van der Waals surface area contributed by atoms with Crippen LogP contribution < -0.4 is 25.5 Å². The highest BCUT2D eigenvalue weighted by Crippen LogP contribution is 2.38. The number of fused-ring (bicyclic) bond motifs is 1. The van der Waals surface area contributed by atoms with Gasteiger partial charge in [0.25, 0.3) is 5.56 Å². The van der Waals surface area contributed by atoms with Gasteiger partial charge in [0.15, 0.2) is 23.1 Å². The number of aliphatic imine (C=N–C) groups is 1. The predicted octanol–water partition coefficient (Wildman–Crippen LogP) is 5.33. The summed E-state index contributed by atoms with van der Waals surface area (Å²) in [6.07, 6.45) is 6.03. The van der Waals surface area contributed by atoms with Crippen molar-refractivity contribution in [3.63, 3.8) is 0 Å². The summed E-state index contributed by atoms with van der Waals surface area (Å²) in [5, 5.41) is 11.3. The van der Waals surface area contributed by atoms with Gasteiger partial charge in [-0.05, 0) is 68.8 Å². The van der Waals surface area contributed by atoms with Gasteiger partial charge in [0.2, 0.25) is 5.88 Å². The zero-order valence-corrected chi connectivity index (χ0v) is 25.1. The van der Waals surface area contributed by atoms with Crippen LogP contribution in [-0.4, -0.2) is 64.1 Å². The van der Waals surface area contributed by atoms with Crippen molar-refractivity contribution in [2.75, 3.05) is 33.4 Å². The number of likely N-dealkylation sites (tertiary alicyclic amines) is 1. The van der Waals surface area contributed by atoms with Gasteiger partial charge >= 0.3 is 5.69 Å². The molecule has 6 rings (SSSR count). The largest absolute Gasteiger partial charge is 0.493 e. The van der Waals surface area contributed by atoms with Crippen molar-refractivity contribution in [3.05, 3.63) is 105 Å². The quantitative estimate of drug-likeness (QED) is 0.149. The van der Waals surface area contributed by atoms with E-state index in [0.717, 1.165) is 42.9 Å². The molecular formula is C34H32FN5O6. The van der Waals surface area contributed by atoms with Crippen molar-refractivity contribution in [2.45, 2.75) is 19.3 Å². The van der Waals surface area contributed by atoms with Gasteiger partial charge in [0, 0.05) is 36.5 Å². The molecule has 1 aliphatic rings. The summed E-state index contributed by atoms with van der Waals surface area (Å²) in [7, 11) is 1.55. The van der Waals surface area contributed by atoms with E-state index in [1.807, 2.05) is 0 Å². The van der Waals surface area contributed by atoms with Gasteiger partial charge in [0.1, 0.15) is 11.3 Å². The molecule has 0 amide bonds. The van der Waals surface area contributed by atoms with E-state index in [9.17, 15) is 14.7 Å². The minimum atomic E-state index is -0.838. The smallest absolute Gasteiger partial charge is 0.335 e. The van der Waals surface area contributed by atoms with E-state index in [2.05, 4.69) is 19.9 Å². The first kappa shape index (κ1) is 30.5. The zero-order valence-electron chi connectivity index (χ0n) is 25.1. The molecule has 0 bridgehead atoms. The third kappa shape index (κ3) is 6.61. The highest BCUT2D eigenvalue weighted by atomic mass is 19.1. The molecule has 3 aromatic carbocycles. The molecule has 0 aliphatic carbocycles. The first-order valence-electron chi connectivity index (χ1n) is 14.9. The van der Waals surface area contributed by atoms with Crippen LogP contribution in [-0.2, 0) is 0 Å². The Labute approximate surface area is 263 Å². The Morgan fingerprint density at radius 2 is 1.80 bits per heavy atom. The van der Waals surface area contributed by atoms with Crippen molar-refractivity contribution in [2.24, 2.45) is 4.99 Å². The van der Waals surface area contributed by atoms with Crippen LogP contribution in [0.25, 0.3) is 16.6 Å². The van der Waals surface area contributed by atoms with Gasteiger partial charge < -0.3 is 24.2 Å². The lowest BCUT2D eigenvalue weighted by Gasteiger charge is -2.16. The SMILES string of the molecule is COc1cc2c(Oc3ccc(N=Cc4c(O)n(-c5ccccc5)c(=O)[nH]c4=O)cc3F)ccnc2cc1OCCCN1CCCC1. The monoisotopic (exact) mass is 625 g/mol. The van der Waals surface area contributed by atoms with Gasteiger partial charge in [-0.3, -0.25) is 19.8 Å². The summed E-state index contributed by atoms with van der Waals surface area (Å²) < 4.78 is 33.7. The molecule has 11 nitrogen and oxygen atoms in total. The number of nitrogens with one attached hydrogen (secondary N) is 1. The molecule has 0 radical (unpaired) electrons. The van der Waals surface area contributed by atoms with Gasteiger partial charge in [-0.25, -0.2) is 13.8 Å². The Balaban J connectivity index is 1.20. The van der Waals surface area contributed by atoms with Crippen LogP contribution in [0.1, 0.15) is 24.8 Å². The summed E-state index contributed by atoms with van der Waals surface area (Å²) in [5.41, 5.74) is -0.825. The molecule has 5 aromatic rings. The number of hydrogen-bond donors (Lipinski definition) is 2. The molecule has 2 N–H and O–H groups in total. The number of benzene rings is 3. The van der Waals surface area contributed by atoms with E-state index < -0.39 is 22.9 Å². The fourth-order valence-corrected chi connectivity index (χ4v) is 5.35. The van der Waals surface area contributed by atoms with Gasteiger partial charge in [0.05, 0.1) is 30.6 Å². The van der Waals surface area contributed by atoms with Gasteiger partial charge in [-0.1, -0.05) is 18.2 Å². The number of ether oxygens (including phenoxy) is 3. The lowest BCUT2D eigenvalue weighted by Crippen LogP contribution is -2.31. The number of nitrogens with zero attached hydrogens (tertiary/aromatic N) is 4. The second-order valence-electron chi connectivity index (χ2n) is 10.7. The number of aromatic amines is 1. The second-order valence-corrected chi connectivity index (χ2v) is 10.7. The average Bonchev–Trinajstić information content (AvgIpc) is 3.58. The first-order valence-corrected chi connectivity index (χ1v) is 14.9. The van der Waals surface area contributed by atoms with Crippen molar-refractivity contribution in [1.82, 2.24) is 19.4 Å². The van der Waals surface area contributed by atoms with Crippen molar-refractivity contribution in [3.8, 4) is 34.6 Å². The number of aromatic hydroxyl groups is 1. The number of aromatic nitrogens is 3. The number of halogens is 1. The maximum atomic E-state index is 15.2. The van der Waals surface area contributed by atoms with Crippen LogP contribution in [0.4, 0.5) is 10.1 Å². The molecule has 46 heavy (non-hydrogen) atoms. The van der Waals surface area contributed by atoms with Crippen LogP contribution >= 0.6 is 0 Å². The number of hydrogen-bond acceptors (Lipinski definition) is 9. The van der Waals surface area contributed by atoms with E-state index >= 15 is 4.39 Å². The van der Waals surface area contributed by atoms with Crippen LogP contribution in [0, 0.1) is 5.82 Å². The van der Waals surface area contributed by atoms with Crippen molar-refractivity contribution >= 4 is 22.8 Å². The van der Waals surface area contributed by atoms with E-state index in [4.69, 9.17) is 14.2 Å². The molecule has 236 valence electrons. The first-order chi connectivity index (χ1) is 22.4. The van der Waals surface area contributed by atoms with Crippen LogP contribution in [0.2, 0.25) is 0 Å². The Hall–Kier alpha value is -5.49. The minimum absolute atomic E-state index is 0.0639. The third-order valence-electron chi connectivity index (χ3n) is 7.68. The summed E-state index contributed by atoms with van der Waals surface area (Å²) in [4.78, 5) is 38.0. The molecule has 3 heterocycles. The number of para-hydroxylation sites is 1. The van der Waals surface area contributed by atoms with Crippen LogP contribution in [0.15, 0.2) is 87.5 Å². The maximum Gasteiger partial charge on any atom is 0.335 e. The summed E-state index contributed by atoms with van der Waals surface area (Å²) >= 11 is 0. The zero-order chi connectivity index (χ0) is 32.0. The van der Waals surface area contributed by atoms with E-state index in [0.29, 0.717) is 40.4 Å². The van der Waals surface area contributed by atoms with Crippen LogP contribution in [0.5, 0.6) is 28.9 Å². The molecule has 12 heteroatoms. The molecule has 0 atom stereocenters. The lowest BCUT2D eigenvalue weighted by molar-refractivity contribution is 0.254. The second kappa shape index (κ2) is 13.7. The highest BCUT2D eigenvalue weighted by molar-refractivity contribution is 5.88. The number of H-pyrrole nitrogens is 1. The topological polar surface area (TPSA) is 131 Å². The fourth-order valence-electron chi connectivity index (χ4n) is 5.35. The summed E-state index contributed by atoms with van der Waals surface area (Å²) in [5.74, 6) is 0.0633. The average molecular weight is 626 g/mol. The third-order valence-corrected chi connectivity index (χ3v) is 7.68. The lowest BCUT2D eigenvalue weighted by atomic mass is 10.1. The van der Waals surface area contributed by atoms with E-state index in [1.165, 1.54) is 25.0 Å². The standard InChI is InChI=1S/C34H32FN5O6/c1-44-30-19-24-27(20-31(30)45-17-7-16-39-14-5-6-15-39)36-13-12-28(24)46-29-11-10-22(18-26(29)35)37-21-25-32(41)38-34(43)40(33(25)42)23-8-3-2-4-9-23/h2-4,8-13,18-21,42H,5-7,14-17H2,1H3,(H,38,41,43). The summed E-state index contributed by atoms with van der Waals surface area (Å²) in [6.45, 7) is 3.81. The van der Waals surface area contributed by atoms with Crippen LogP contribution in [0.3, 0.4) is 0 Å². The van der Waals surface area contributed by atoms with Gasteiger partial charge in [-0.15, -0.1) is 0 Å². The van der Waals surface area contributed by atoms with Crippen molar-refractivity contribution < 1.29 is 23.7 Å². The Kier molecular flexibility index (Phi) is 9.06. The molecule has 0 saturated carbocycles. The molecular weight excluding hydrogens is 593 g/mol. The number of pyridine rings is 1. The molecule has 0 spiro atoms. The molecule has 1 fully saturated rings. The number of methoxy groups -OCH3 is 1. The number of rotatable bonds is 11. The molecule has 2 aromatic heterocycles. The maximum absolute atomic E-state index is 15.2. The Morgan fingerprint density at radius 1 is 1.00 bits per heavy atom. The minimum Gasteiger partial charge on any atom is -0.493 e. The van der Waals surface area contributed by atoms with E-state index in [-0.39, 0.29) is 17.0 Å². The predicted molar refractivity (Wildman–Crippen MR) is 172 cm³/mol. The van der Waals surface area contributed by atoms with E-state index in [1.54, 1.807) is 61.8 Å². The van der Waals surface area contributed by atoms with Gasteiger partial charge in [-0.2, -0.15) is 0 Å². The summed E-state index contributed by atoms with van der Waals surface area (Å²) in [6, 6.07) is 17.5. The Morgan fingerprint density at radius 3 is 2.57 bits per heavy atom. The normalized spacial score (nSPS) is 13.4. The highest BCUT2D eigenvalue weighted by Gasteiger charge is 2.16. The van der Waals surface area contributed by atoms with Crippen molar-refractivity contribution in [1.29, 1.82) is 0 Å². The molecule has 1 aliphatic heterocycles. The Bertz CT molecular complexity index is 2000. The molecule has 1 saturated heterocycles.